The first kappa shape index (κ1) is 24.7. The summed E-state index contributed by atoms with van der Waals surface area (Å²) in [6.07, 6.45) is 2.91. The molecule has 1 atom stereocenters. The number of aryl methyl sites for hydroxylation is 1. The van der Waals surface area contributed by atoms with Crippen molar-refractivity contribution in [3.05, 3.63) is 76.9 Å². The Morgan fingerprint density at radius 3 is 2.74 bits per heavy atom. The fraction of sp³-hybridized carbons (Fsp3) is 0.222. The van der Waals surface area contributed by atoms with Gasteiger partial charge in [-0.2, -0.15) is 5.10 Å². The molecule has 0 bridgehead atoms. The van der Waals surface area contributed by atoms with Crippen LogP contribution in [-0.4, -0.2) is 51.6 Å². The van der Waals surface area contributed by atoms with E-state index in [1.165, 1.54) is 41.1 Å². The number of imide groups is 1. The number of halogens is 1. The number of aromatic nitrogens is 2. The van der Waals surface area contributed by atoms with Crippen molar-refractivity contribution in [1.82, 2.24) is 20.0 Å². The largest absolute Gasteiger partial charge is 0.419 e. The molecule has 1 unspecified atom stereocenters. The highest BCUT2D eigenvalue weighted by atomic mass is 19.1. The first-order valence-corrected chi connectivity index (χ1v) is 11.7. The van der Waals surface area contributed by atoms with Crippen LogP contribution in [0.5, 0.6) is 5.75 Å². The third-order valence-corrected chi connectivity index (χ3v) is 6.36. The number of piperidine rings is 1. The topological polar surface area (TPSA) is 114 Å². The van der Waals surface area contributed by atoms with E-state index in [2.05, 4.69) is 22.3 Å². The Morgan fingerprint density at radius 2 is 2.00 bits per heavy atom. The molecule has 0 saturated carbocycles. The van der Waals surface area contributed by atoms with Crippen LogP contribution < -0.4 is 15.0 Å². The Labute approximate surface area is 217 Å². The van der Waals surface area contributed by atoms with E-state index in [0.717, 1.165) is 0 Å². The second-order valence-electron chi connectivity index (χ2n) is 8.96. The molecule has 5 rings (SSSR count). The summed E-state index contributed by atoms with van der Waals surface area (Å²) < 4.78 is 21.4. The molecule has 0 spiro atoms. The van der Waals surface area contributed by atoms with Crippen molar-refractivity contribution in [2.75, 3.05) is 11.9 Å². The minimum Gasteiger partial charge on any atom is -0.410 e. The average molecular weight is 516 g/mol. The van der Waals surface area contributed by atoms with Crippen LogP contribution in [0.3, 0.4) is 0 Å². The van der Waals surface area contributed by atoms with E-state index < -0.39 is 23.9 Å². The molecule has 10 nitrogen and oxygen atoms in total. The Kier molecular flexibility index (Phi) is 6.38. The molecule has 0 aliphatic carbocycles. The number of hydrogen-bond acceptors (Lipinski definition) is 6. The second-order valence-corrected chi connectivity index (χ2v) is 8.96. The molecule has 3 heterocycles. The summed E-state index contributed by atoms with van der Waals surface area (Å²) in [4.78, 5) is 52.1. The second kappa shape index (κ2) is 9.82. The molecule has 1 saturated heterocycles. The van der Waals surface area contributed by atoms with Crippen LogP contribution in [0.25, 0.3) is 0 Å². The number of nitrogens with zero attached hydrogens (tertiary/aromatic N) is 4. The fourth-order valence-electron chi connectivity index (χ4n) is 4.31. The molecular weight excluding hydrogens is 493 g/mol. The first-order chi connectivity index (χ1) is 18.2. The van der Waals surface area contributed by atoms with Crippen LogP contribution in [-0.2, 0) is 23.2 Å². The van der Waals surface area contributed by atoms with E-state index in [4.69, 9.17) is 4.74 Å². The van der Waals surface area contributed by atoms with E-state index in [1.807, 2.05) is 0 Å². The molecule has 1 N–H and O–H groups in total. The Hall–Kier alpha value is -4.98. The van der Waals surface area contributed by atoms with Crippen molar-refractivity contribution in [2.24, 2.45) is 7.05 Å². The van der Waals surface area contributed by atoms with Gasteiger partial charge in [0.05, 0.1) is 17.3 Å². The lowest BCUT2D eigenvalue weighted by Crippen LogP contribution is -2.52. The molecule has 2 aromatic carbocycles. The van der Waals surface area contributed by atoms with E-state index in [-0.39, 0.29) is 42.5 Å². The third-order valence-electron chi connectivity index (χ3n) is 6.36. The van der Waals surface area contributed by atoms with Gasteiger partial charge in [0.2, 0.25) is 11.8 Å². The van der Waals surface area contributed by atoms with Crippen LogP contribution >= 0.6 is 0 Å². The smallest absolute Gasteiger partial charge is 0.410 e. The van der Waals surface area contributed by atoms with Crippen LogP contribution in [0, 0.1) is 17.7 Å². The van der Waals surface area contributed by atoms with E-state index in [1.54, 1.807) is 36.3 Å². The van der Waals surface area contributed by atoms with Gasteiger partial charge in [-0.3, -0.25) is 29.3 Å². The summed E-state index contributed by atoms with van der Waals surface area (Å²) in [5.74, 6) is 3.94. The highest BCUT2D eigenvalue weighted by Crippen LogP contribution is 2.30. The predicted molar refractivity (Wildman–Crippen MR) is 133 cm³/mol. The average Bonchev–Trinajstić information content (AvgIpc) is 3.45. The summed E-state index contributed by atoms with van der Waals surface area (Å²) in [6.45, 7) is 0.215. The number of amides is 4. The maximum atomic E-state index is 14.3. The zero-order valence-corrected chi connectivity index (χ0v) is 20.5. The summed E-state index contributed by atoms with van der Waals surface area (Å²) in [5.41, 5.74) is 2.07. The highest BCUT2D eigenvalue weighted by Gasteiger charge is 2.39. The van der Waals surface area contributed by atoms with Gasteiger partial charge >= 0.3 is 6.09 Å². The Morgan fingerprint density at radius 1 is 1.18 bits per heavy atom. The number of benzene rings is 2. The zero-order chi connectivity index (χ0) is 27.0. The van der Waals surface area contributed by atoms with Gasteiger partial charge in [-0.25, -0.2) is 9.18 Å². The molecular formula is C27H22FN5O5. The number of rotatable bonds is 3. The van der Waals surface area contributed by atoms with Gasteiger partial charge in [0.15, 0.2) is 0 Å². The maximum absolute atomic E-state index is 14.3. The van der Waals surface area contributed by atoms with Crippen molar-refractivity contribution in [3.8, 4) is 17.6 Å². The summed E-state index contributed by atoms with van der Waals surface area (Å²) in [7, 11) is 3.22. The highest BCUT2D eigenvalue weighted by molar-refractivity contribution is 6.05. The summed E-state index contributed by atoms with van der Waals surface area (Å²) >= 11 is 0. The molecule has 2 aliphatic rings. The molecule has 1 fully saturated rings. The Balaban J connectivity index is 1.29. The SMILES string of the molecule is CN(C(=O)Oc1ccc2c(c1)C(=O)N(C1CCC(=O)NC1=O)C2)c1ccc(F)c(C#Cc2cnn(C)c2)c1. The molecule has 2 aliphatic heterocycles. The van der Waals surface area contributed by atoms with Gasteiger partial charge in [-0.15, -0.1) is 0 Å². The number of hydrogen-bond donors (Lipinski definition) is 1. The van der Waals surface area contributed by atoms with Crippen LogP contribution in [0.15, 0.2) is 48.8 Å². The molecule has 1 aromatic heterocycles. The lowest BCUT2D eigenvalue weighted by atomic mass is 10.0. The number of ether oxygens (including phenoxy) is 1. The van der Waals surface area contributed by atoms with Gasteiger partial charge in [-0.1, -0.05) is 17.9 Å². The van der Waals surface area contributed by atoms with Crippen LogP contribution in [0.1, 0.15) is 39.9 Å². The van der Waals surface area contributed by atoms with Crippen molar-refractivity contribution in [2.45, 2.75) is 25.4 Å². The number of carbonyl (C=O) groups is 4. The lowest BCUT2D eigenvalue weighted by Gasteiger charge is -2.29. The minimum atomic E-state index is -0.754. The lowest BCUT2D eigenvalue weighted by molar-refractivity contribution is -0.136. The number of nitrogens with one attached hydrogen (secondary N) is 1. The first-order valence-electron chi connectivity index (χ1n) is 11.7. The Bertz CT molecular complexity index is 1550. The van der Waals surface area contributed by atoms with Gasteiger partial charge < -0.3 is 9.64 Å². The van der Waals surface area contributed by atoms with E-state index in [9.17, 15) is 23.6 Å². The molecule has 3 aromatic rings. The van der Waals surface area contributed by atoms with Gasteiger partial charge in [-0.05, 0) is 42.3 Å². The number of carbonyl (C=O) groups excluding carboxylic acids is 4. The molecule has 11 heteroatoms. The maximum Gasteiger partial charge on any atom is 0.419 e. The quantitative estimate of drug-likeness (QED) is 0.423. The number of anilines is 1. The fourth-order valence-corrected chi connectivity index (χ4v) is 4.31. The zero-order valence-electron chi connectivity index (χ0n) is 20.5. The van der Waals surface area contributed by atoms with E-state index >= 15 is 0 Å². The van der Waals surface area contributed by atoms with Gasteiger partial charge in [0, 0.05) is 44.5 Å². The predicted octanol–water partition coefficient (Wildman–Crippen LogP) is 2.36. The van der Waals surface area contributed by atoms with Crippen molar-refractivity contribution < 1.29 is 28.3 Å². The minimum absolute atomic E-state index is 0.0997. The van der Waals surface area contributed by atoms with Gasteiger partial charge in [0.1, 0.15) is 17.6 Å². The van der Waals surface area contributed by atoms with Crippen LogP contribution in [0.2, 0.25) is 0 Å². The summed E-state index contributed by atoms with van der Waals surface area (Å²) in [5, 5.41) is 6.28. The van der Waals surface area contributed by atoms with Crippen LogP contribution in [0.4, 0.5) is 14.9 Å². The molecule has 4 amide bonds. The molecule has 38 heavy (non-hydrogen) atoms. The van der Waals surface area contributed by atoms with Crippen molar-refractivity contribution in [3.63, 3.8) is 0 Å². The van der Waals surface area contributed by atoms with Crippen molar-refractivity contribution >= 4 is 29.5 Å². The normalized spacial score (nSPS) is 16.4. The third kappa shape index (κ3) is 4.84. The molecule has 192 valence electrons. The van der Waals surface area contributed by atoms with Crippen molar-refractivity contribution in [1.29, 1.82) is 0 Å². The number of fused-ring (bicyclic) bond motifs is 1. The standard InChI is InChI=1S/C27H22FN5O5/c1-31-14-16(13-29-31)3-4-17-11-19(6-8-22(17)28)32(2)27(37)38-20-7-5-18-15-33(26(36)21(18)12-20)23-9-10-24(34)30-25(23)35/h5-8,11-14,23H,9-10,15H2,1-2H3,(H,30,34,35). The monoisotopic (exact) mass is 515 g/mol. The van der Waals surface area contributed by atoms with E-state index in [0.29, 0.717) is 22.4 Å². The summed E-state index contributed by atoms with van der Waals surface area (Å²) in [6, 6.07) is 8.00. The molecule has 0 radical (unpaired) electrons. The van der Waals surface area contributed by atoms with Gasteiger partial charge in [0.25, 0.3) is 5.91 Å².